The maximum atomic E-state index is 13.2. The van der Waals surface area contributed by atoms with Crippen LogP contribution in [0.5, 0.6) is 0 Å². The van der Waals surface area contributed by atoms with Gasteiger partial charge in [-0.3, -0.25) is 9.59 Å². The van der Waals surface area contributed by atoms with Gasteiger partial charge in [0.2, 0.25) is 5.91 Å². The molecule has 2 fully saturated rings. The molecule has 3 aliphatic rings. The molecule has 3 aliphatic heterocycles. The molecule has 2 unspecified atom stereocenters. The number of aliphatic carboxylic acids is 1. The first-order valence-corrected chi connectivity index (χ1v) is 9.73. The van der Waals surface area contributed by atoms with Gasteiger partial charge in [0.1, 0.15) is 5.92 Å². The van der Waals surface area contributed by atoms with Gasteiger partial charge in [-0.15, -0.1) is 0 Å². The summed E-state index contributed by atoms with van der Waals surface area (Å²) in [5.41, 5.74) is 1.39. The van der Waals surface area contributed by atoms with Crippen molar-refractivity contribution in [3.8, 4) is 0 Å². The van der Waals surface area contributed by atoms with Crippen LogP contribution in [-0.4, -0.2) is 65.5 Å². The van der Waals surface area contributed by atoms with Gasteiger partial charge in [0, 0.05) is 38.4 Å². The first-order valence-electron chi connectivity index (χ1n) is 9.73. The molecule has 27 heavy (non-hydrogen) atoms. The number of carboxylic acids is 1. The maximum absolute atomic E-state index is 13.2. The number of amides is 3. The van der Waals surface area contributed by atoms with Crippen molar-refractivity contribution in [3.63, 3.8) is 0 Å². The zero-order chi connectivity index (χ0) is 19.0. The third-order valence-corrected chi connectivity index (χ3v) is 5.95. The van der Waals surface area contributed by atoms with E-state index in [0.717, 1.165) is 38.8 Å². The molecule has 3 amide bonds. The molecule has 7 heteroatoms. The number of carbonyl (C=O) groups is 3. The van der Waals surface area contributed by atoms with Crippen LogP contribution in [0, 0.1) is 5.92 Å². The molecule has 1 aromatic carbocycles. The number of hydrogen-bond donors (Lipinski definition) is 1. The van der Waals surface area contributed by atoms with Crippen LogP contribution in [0.3, 0.4) is 0 Å². The Bertz CT molecular complexity index is 759. The van der Waals surface area contributed by atoms with Gasteiger partial charge in [-0.1, -0.05) is 18.2 Å². The number of hydrogen-bond acceptors (Lipinski definition) is 3. The van der Waals surface area contributed by atoms with Crippen LogP contribution in [0.25, 0.3) is 0 Å². The zero-order valence-corrected chi connectivity index (χ0v) is 15.3. The summed E-state index contributed by atoms with van der Waals surface area (Å²) >= 11 is 0. The Labute approximate surface area is 158 Å². The molecule has 2 atom stereocenters. The predicted octanol–water partition coefficient (Wildman–Crippen LogP) is 2.13. The third kappa shape index (κ3) is 3.26. The van der Waals surface area contributed by atoms with Crippen molar-refractivity contribution in [2.24, 2.45) is 5.92 Å². The van der Waals surface area contributed by atoms with E-state index >= 15 is 0 Å². The molecular weight excluding hydrogens is 346 g/mol. The second-order valence-electron chi connectivity index (χ2n) is 7.66. The van der Waals surface area contributed by atoms with Crippen LogP contribution in [-0.2, 0) is 9.59 Å². The minimum Gasteiger partial charge on any atom is -0.481 e. The van der Waals surface area contributed by atoms with Crippen molar-refractivity contribution in [2.45, 2.75) is 31.6 Å². The normalized spacial score (nSPS) is 24.8. The number of likely N-dealkylation sites (tertiary alicyclic amines) is 2. The molecule has 0 radical (unpaired) electrons. The predicted molar refractivity (Wildman–Crippen MR) is 99.7 cm³/mol. The number of carboxylic acid groups (broad SMARTS) is 1. The van der Waals surface area contributed by atoms with E-state index in [-0.39, 0.29) is 24.4 Å². The molecule has 7 nitrogen and oxygen atoms in total. The summed E-state index contributed by atoms with van der Waals surface area (Å²) in [5, 5.41) is 9.51. The molecule has 1 aromatic rings. The Balaban J connectivity index is 1.49. The molecule has 1 N–H and O–H groups in total. The van der Waals surface area contributed by atoms with E-state index in [4.69, 9.17) is 0 Å². The van der Waals surface area contributed by atoms with Crippen molar-refractivity contribution < 1.29 is 19.5 Å². The summed E-state index contributed by atoms with van der Waals surface area (Å²) < 4.78 is 0. The molecule has 0 spiro atoms. The molecule has 0 saturated carbocycles. The standard InChI is InChI=1S/C20H25N3O4/c24-18(23-13-16(19(25)26)15-7-1-2-8-17(15)23)14-6-5-11-22(12-14)20(27)21-9-3-4-10-21/h1-2,7-8,14,16H,3-6,9-13H2,(H,25,26). The first kappa shape index (κ1) is 17.8. The quantitative estimate of drug-likeness (QED) is 0.864. The Hall–Kier alpha value is -2.57. The van der Waals surface area contributed by atoms with Gasteiger partial charge in [-0.2, -0.15) is 0 Å². The highest BCUT2D eigenvalue weighted by atomic mass is 16.4. The zero-order valence-electron chi connectivity index (χ0n) is 15.3. The SMILES string of the molecule is O=C(O)C1CN(C(=O)C2CCCN(C(=O)N3CCCC3)C2)c2ccccc21. The number of nitrogens with zero attached hydrogens (tertiary/aromatic N) is 3. The molecular formula is C20H25N3O4. The fraction of sp³-hybridized carbons (Fsp3) is 0.550. The lowest BCUT2D eigenvalue weighted by molar-refractivity contribution is -0.138. The van der Waals surface area contributed by atoms with Gasteiger partial charge >= 0.3 is 12.0 Å². The molecule has 4 rings (SSSR count). The summed E-state index contributed by atoms with van der Waals surface area (Å²) in [7, 11) is 0. The van der Waals surface area contributed by atoms with E-state index in [1.165, 1.54) is 0 Å². The Kier molecular flexibility index (Phi) is 4.76. The summed E-state index contributed by atoms with van der Waals surface area (Å²) in [6, 6.07) is 7.26. The topological polar surface area (TPSA) is 81.2 Å². The number of fused-ring (bicyclic) bond motifs is 1. The van der Waals surface area contributed by atoms with Gasteiger partial charge in [-0.25, -0.2) is 4.79 Å². The number of rotatable bonds is 2. The third-order valence-electron chi connectivity index (χ3n) is 5.95. The highest BCUT2D eigenvalue weighted by molar-refractivity contribution is 6.00. The number of benzene rings is 1. The first-order chi connectivity index (χ1) is 13.1. The summed E-state index contributed by atoms with van der Waals surface area (Å²) in [4.78, 5) is 42.8. The van der Waals surface area contributed by atoms with Crippen LogP contribution >= 0.6 is 0 Å². The number of urea groups is 1. The van der Waals surface area contributed by atoms with E-state index in [9.17, 15) is 19.5 Å². The molecule has 0 bridgehead atoms. The maximum Gasteiger partial charge on any atom is 0.320 e. The fourth-order valence-corrected chi connectivity index (χ4v) is 4.51. The Morgan fingerprint density at radius 1 is 0.926 bits per heavy atom. The van der Waals surface area contributed by atoms with Gasteiger partial charge < -0.3 is 19.8 Å². The van der Waals surface area contributed by atoms with E-state index in [0.29, 0.717) is 24.3 Å². The van der Waals surface area contributed by atoms with E-state index in [2.05, 4.69) is 0 Å². The second-order valence-corrected chi connectivity index (χ2v) is 7.66. The molecule has 2 saturated heterocycles. The van der Waals surface area contributed by atoms with Gasteiger partial charge in [0.15, 0.2) is 0 Å². The second kappa shape index (κ2) is 7.21. The lowest BCUT2D eigenvalue weighted by atomic mass is 9.96. The van der Waals surface area contributed by atoms with Crippen molar-refractivity contribution in [2.75, 3.05) is 37.6 Å². The minimum atomic E-state index is -0.910. The molecule has 0 aliphatic carbocycles. The number of para-hydroxylation sites is 1. The fourth-order valence-electron chi connectivity index (χ4n) is 4.51. The Morgan fingerprint density at radius 3 is 2.37 bits per heavy atom. The molecule has 0 aromatic heterocycles. The van der Waals surface area contributed by atoms with Crippen molar-refractivity contribution in [1.29, 1.82) is 0 Å². The Morgan fingerprint density at radius 2 is 1.63 bits per heavy atom. The van der Waals surface area contributed by atoms with Crippen LogP contribution in [0.4, 0.5) is 10.5 Å². The van der Waals surface area contributed by atoms with Crippen LogP contribution in [0.2, 0.25) is 0 Å². The average Bonchev–Trinajstić information content (AvgIpc) is 3.35. The monoisotopic (exact) mass is 371 g/mol. The highest BCUT2D eigenvalue weighted by Crippen LogP contribution is 2.37. The number of piperidine rings is 1. The lowest BCUT2D eigenvalue weighted by Crippen LogP contribution is -2.50. The minimum absolute atomic E-state index is 0.0373. The van der Waals surface area contributed by atoms with Crippen molar-refractivity contribution in [1.82, 2.24) is 9.80 Å². The average molecular weight is 371 g/mol. The van der Waals surface area contributed by atoms with Gasteiger partial charge in [0.05, 0.1) is 5.92 Å². The number of anilines is 1. The summed E-state index contributed by atoms with van der Waals surface area (Å²) in [5.74, 6) is -1.93. The molecule has 144 valence electrons. The van der Waals surface area contributed by atoms with Gasteiger partial charge in [0.25, 0.3) is 0 Å². The highest BCUT2D eigenvalue weighted by Gasteiger charge is 2.40. The van der Waals surface area contributed by atoms with Crippen LogP contribution < -0.4 is 4.90 Å². The largest absolute Gasteiger partial charge is 0.481 e. The van der Waals surface area contributed by atoms with Crippen molar-refractivity contribution >= 4 is 23.6 Å². The molecule has 3 heterocycles. The van der Waals surface area contributed by atoms with E-state index in [1.807, 2.05) is 17.0 Å². The van der Waals surface area contributed by atoms with Crippen LogP contribution in [0.1, 0.15) is 37.2 Å². The van der Waals surface area contributed by atoms with E-state index in [1.54, 1.807) is 21.9 Å². The van der Waals surface area contributed by atoms with Crippen molar-refractivity contribution in [3.05, 3.63) is 29.8 Å². The van der Waals surface area contributed by atoms with Gasteiger partial charge in [-0.05, 0) is 37.3 Å². The summed E-state index contributed by atoms with van der Waals surface area (Å²) in [6.07, 6.45) is 3.62. The van der Waals surface area contributed by atoms with E-state index < -0.39 is 11.9 Å². The smallest absolute Gasteiger partial charge is 0.320 e. The number of carbonyl (C=O) groups excluding carboxylic acids is 2. The lowest BCUT2D eigenvalue weighted by Gasteiger charge is -2.36. The van der Waals surface area contributed by atoms with Crippen LogP contribution in [0.15, 0.2) is 24.3 Å². The summed E-state index contributed by atoms with van der Waals surface area (Å²) in [6.45, 7) is 2.88.